The molecule has 0 radical (unpaired) electrons. The molecule has 0 aromatic rings. The van der Waals surface area contributed by atoms with Gasteiger partial charge in [-0.3, -0.25) is 4.99 Å². The zero-order valence-corrected chi connectivity index (χ0v) is 8.52. The van der Waals surface area contributed by atoms with Crippen LogP contribution in [0.15, 0.2) is 16.3 Å². The molecule has 0 heterocycles. The van der Waals surface area contributed by atoms with Crippen molar-refractivity contribution in [3.63, 3.8) is 0 Å². The van der Waals surface area contributed by atoms with Gasteiger partial charge in [0.25, 0.3) is 0 Å². The molecule has 11 heavy (non-hydrogen) atoms. The Kier molecular flexibility index (Phi) is 3.50. The Bertz CT molecular complexity index is 176. The summed E-state index contributed by atoms with van der Waals surface area (Å²) in [6, 6.07) is 0. The van der Waals surface area contributed by atoms with Gasteiger partial charge in [-0.25, -0.2) is 0 Å². The van der Waals surface area contributed by atoms with Crippen LogP contribution in [0.25, 0.3) is 0 Å². The van der Waals surface area contributed by atoms with Crippen LogP contribution in [0.5, 0.6) is 0 Å². The van der Waals surface area contributed by atoms with Crippen molar-refractivity contribution in [3.8, 4) is 0 Å². The molecule has 0 unspecified atom stereocenters. The molecule has 0 rings (SSSR count). The number of allylic oxidation sites excluding steroid dienone is 2. The van der Waals surface area contributed by atoms with E-state index >= 15 is 0 Å². The maximum absolute atomic E-state index is 4.35. The Balaban J connectivity index is 4.79. The van der Waals surface area contributed by atoms with Gasteiger partial charge in [0.15, 0.2) is 0 Å². The van der Waals surface area contributed by atoms with E-state index in [1.807, 2.05) is 13.1 Å². The summed E-state index contributed by atoms with van der Waals surface area (Å²) in [4.78, 5) is 4.35. The smallest absolute Gasteiger partial charge is 0.0439 e. The van der Waals surface area contributed by atoms with Gasteiger partial charge in [0.1, 0.15) is 0 Å². The first-order valence-corrected chi connectivity index (χ1v) is 4.06. The molecule has 0 saturated heterocycles. The van der Waals surface area contributed by atoms with Crippen molar-refractivity contribution in [1.82, 2.24) is 0 Å². The highest BCUT2D eigenvalue weighted by Crippen LogP contribution is 2.28. The molecule has 64 valence electrons. The molecular formula is C10H19N. The third-order valence-electron chi connectivity index (χ3n) is 1.44. The van der Waals surface area contributed by atoms with E-state index in [0.29, 0.717) is 0 Å². The van der Waals surface area contributed by atoms with E-state index in [0.717, 1.165) is 0 Å². The van der Waals surface area contributed by atoms with Crippen LogP contribution in [0.1, 0.15) is 41.5 Å². The largest absolute Gasteiger partial charge is 0.265 e. The lowest BCUT2D eigenvalue weighted by atomic mass is 9.90. The van der Waals surface area contributed by atoms with Crippen LogP contribution in [0, 0.1) is 5.41 Å². The predicted molar refractivity (Wildman–Crippen MR) is 52.0 cm³/mol. The minimum Gasteiger partial charge on any atom is -0.265 e. The van der Waals surface area contributed by atoms with E-state index in [2.05, 4.69) is 39.6 Å². The zero-order chi connectivity index (χ0) is 9.07. The van der Waals surface area contributed by atoms with E-state index in [1.54, 1.807) is 0 Å². The summed E-state index contributed by atoms with van der Waals surface area (Å²) >= 11 is 0. The van der Waals surface area contributed by atoms with Gasteiger partial charge in [0.05, 0.1) is 0 Å². The lowest BCUT2D eigenvalue weighted by molar-refractivity contribution is 0.493. The van der Waals surface area contributed by atoms with Crippen LogP contribution in [0.3, 0.4) is 0 Å². The van der Waals surface area contributed by atoms with Gasteiger partial charge in [0, 0.05) is 17.3 Å². The van der Waals surface area contributed by atoms with Gasteiger partial charge in [-0.2, -0.15) is 0 Å². The van der Waals surface area contributed by atoms with Crippen molar-refractivity contribution in [2.45, 2.75) is 41.5 Å². The fraction of sp³-hybridized carbons (Fsp3) is 0.700. The summed E-state index contributed by atoms with van der Waals surface area (Å²) in [5, 5.41) is 0. The molecular weight excluding hydrogens is 134 g/mol. The molecule has 0 saturated carbocycles. The molecule has 0 amide bonds. The van der Waals surface area contributed by atoms with Crippen LogP contribution in [-0.4, -0.2) is 6.21 Å². The first-order chi connectivity index (χ1) is 4.89. The van der Waals surface area contributed by atoms with Gasteiger partial charge < -0.3 is 0 Å². The SMILES string of the molecule is CC=NC(=C(C)C)C(C)(C)C. The summed E-state index contributed by atoms with van der Waals surface area (Å²) in [6.45, 7) is 12.7. The van der Waals surface area contributed by atoms with Crippen molar-refractivity contribution < 1.29 is 0 Å². The van der Waals surface area contributed by atoms with Crippen molar-refractivity contribution >= 4 is 6.21 Å². The minimum atomic E-state index is 0.172. The monoisotopic (exact) mass is 153 g/mol. The Labute approximate surface area is 70.2 Å². The number of rotatable bonds is 1. The number of hydrogen-bond acceptors (Lipinski definition) is 1. The zero-order valence-electron chi connectivity index (χ0n) is 8.52. The number of hydrogen-bond donors (Lipinski definition) is 0. The second kappa shape index (κ2) is 3.70. The van der Waals surface area contributed by atoms with E-state index in [4.69, 9.17) is 0 Å². The fourth-order valence-electron chi connectivity index (χ4n) is 1.20. The van der Waals surface area contributed by atoms with Crippen molar-refractivity contribution in [1.29, 1.82) is 0 Å². The third-order valence-corrected chi connectivity index (χ3v) is 1.44. The van der Waals surface area contributed by atoms with Crippen LogP contribution in [0.4, 0.5) is 0 Å². The minimum absolute atomic E-state index is 0.172. The van der Waals surface area contributed by atoms with Gasteiger partial charge in [0.2, 0.25) is 0 Å². The highest BCUT2D eigenvalue weighted by Gasteiger charge is 2.16. The first kappa shape index (κ1) is 10.4. The van der Waals surface area contributed by atoms with Crippen LogP contribution < -0.4 is 0 Å². The molecule has 1 heteroatoms. The van der Waals surface area contributed by atoms with Crippen LogP contribution in [0.2, 0.25) is 0 Å². The highest BCUT2D eigenvalue weighted by atomic mass is 14.8. The molecule has 0 aromatic heterocycles. The maximum atomic E-state index is 4.35. The third kappa shape index (κ3) is 3.35. The molecule has 0 N–H and O–H groups in total. The van der Waals surface area contributed by atoms with Crippen molar-refractivity contribution in [3.05, 3.63) is 11.3 Å². The first-order valence-electron chi connectivity index (χ1n) is 4.06. The predicted octanol–water partition coefficient (Wildman–Crippen LogP) is 3.42. The molecule has 0 aromatic carbocycles. The average Bonchev–Trinajstić information content (AvgIpc) is 1.79. The summed E-state index contributed by atoms with van der Waals surface area (Å²) in [7, 11) is 0. The van der Waals surface area contributed by atoms with Gasteiger partial charge in [-0.1, -0.05) is 26.3 Å². The second-order valence-corrected chi connectivity index (χ2v) is 3.99. The van der Waals surface area contributed by atoms with Crippen LogP contribution >= 0.6 is 0 Å². The Morgan fingerprint density at radius 2 is 1.64 bits per heavy atom. The molecule has 0 bridgehead atoms. The molecule has 0 aliphatic rings. The number of aliphatic imine (C=N–C) groups is 1. The highest BCUT2D eigenvalue weighted by molar-refractivity contribution is 5.55. The average molecular weight is 153 g/mol. The van der Waals surface area contributed by atoms with Gasteiger partial charge >= 0.3 is 0 Å². The number of nitrogens with zero attached hydrogens (tertiary/aromatic N) is 1. The lowest BCUT2D eigenvalue weighted by Crippen LogP contribution is -2.09. The molecule has 0 aliphatic heterocycles. The molecule has 1 nitrogen and oxygen atoms in total. The van der Waals surface area contributed by atoms with E-state index < -0.39 is 0 Å². The molecule has 0 fully saturated rings. The Morgan fingerprint density at radius 3 is 1.73 bits per heavy atom. The summed E-state index contributed by atoms with van der Waals surface area (Å²) in [5.41, 5.74) is 2.67. The topological polar surface area (TPSA) is 12.4 Å². The maximum Gasteiger partial charge on any atom is 0.0439 e. The lowest BCUT2D eigenvalue weighted by Gasteiger charge is -2.20. The summed E-state index contributed by atoms with van der Waals surface area (Å²) in [5.74, 6) is 0. The standard InChI is InChI=1S/C10H19N/c1-7-11-9(8(2)3)10(4,5)6/h7H,1-6H3. The summed E-state index contributed by atoms with van der Waals surface area (Å²) < 4.78 is 0. The molecule has 0 aliphatic carbocycles. The van der Waals surface area contributed by atoms with Crippen LogP contribution in [-0.2, 0) is 0 Å². The fourth-order valence-corrected chi connectivity index (χ4v) is 1.20. The molecule has 0 spiro atoms. The van der Waals surface area contributed by atoms with E-state index in [1.165, 1.54) is 11.3 Å². The Morgan fingerprint density at radius 1 is 1.18 bits per heavy atom. The molecule has 0 atom stereocenters. The normalized spacial score (nSPS) is 12.2. The van der Waals surface area contributed by atoms with E-state index in [9.17, 15) is 0 Å². The van der Waals surface area contributed by atoms with Gasteiger partial charge in [-0.05, 0) is 20.8 Å². The Hall–Kier alpha value is -0.590. The quantitative estimate of drug-likeness (QED) is 0.512. The van der Waals surface area contributed by atoms with Crippen molar-refractivity contribution in [2.75, 3.05) is 0 Å². The van der Waals surface area contributed by atoms with E-state index in [-0.39, 0.29) is 5.41 Å². The van der Waals surface area contributed by atoms with Gasteiger partial charge in [-0.15, -0.1) is 0 Å². The van der Waals surface area contributed by atoms with Crippen molar-refractivity contribution in [2.24, 2.45) is 10.4 Å². The second-order valence-electron chi connectivity index (χ2n) is 3.99. The summed E-state index contributed by atoms with van der Waals surface area (Å²) in [6.07, 6.45) is 1.85.